The van der Waals surface area contributed by atoms with Crippen molar-refractivity contribution >= 4 is 11.8 Å². The summed E-state index contributed by atoms with van der Waals surface area (Å²) in [5.74, 6) is 2.12. The average molecular weight is 299 g/mol. The van der Waals surface area contributed by atoms with Gasteiger partial charge >= 0.3 is 0 Å². The van der Waals surface area contributed by atoms with E-state index in [2.05, 4.69) is 53.8 Å². The van der Waals surface area contributed by atoms with Gasteiger partial charge in [0.2, 0.25) is 0 Å². The van der Waals surface area contributed by atoms with E-state index >= 15 is 0 Å². The van der Waals surface area contributed by atoms with Gasteiger partial charge in [0.25, 0.3) is 0 Å². The molecule has 3 heteroatoms. The van der Waals surface area contributed by atoms with Gasteiger partial charge in [0.05, 0.1) is 6.04 Å². The van der Waals surface area contributed by atoms with E-state index in [-0.39, 0.29) is 0 Å². The summed E-state index contributed by atoms with van der Waals surface area (Å²) in [6.45, 7) is 1.28. The lowest BCUT2D eigenvalue weighted by Gasteiger charge is -2.15. The fourth-order valence-corrected chi connectivity index (χ4v) is 3.72. The molecule has 0 radical (unpaired) electrons. The Labute approximate surface area is 130 Å². The third kappa shape index (κ3) is 3.15. The van der Waals surface area contributed by atoms with Crippen LogP contribution in [0.25, 0.3) is 11.1 Å². The number of rotatable bonds is 7. The van der Waals surface area contributed by atoms with E-state index < -0.39 is 0 Å². The third-order valence-corrected chi connectivity index (χ3v) is 4.95. The summed E-state index contributed by atoms with van der Waals surface area (Å²) in [4.78, 5) is 0. The zero-order valence-electron chi connectivity index (χ0n) is 12.1. The van der Waals surface area contributed by atoms with Crippen molar-refractivity contribution in [3.8, 4) is 11.1 Å². The molecule has 0 spiro atoms. The lowest BCUT2D eigenvalue weighted by atomic mass is 10.1. The molecule has 2 aromatic rings. The van der Waals surface area contributed by atoms with E-state index in [1.807, 2.05) is 11.8 Å². The molecule has 3 rings (SSSR count). The predicted octanol–water partition coefficient (Wildman–Crippen LogP) is 3.46. The van der Waals surface area contributed by atoms with Gasteiger partial charge in [-0.1, -0.05) is 48.5 Å². The van der Waals surface area contributed by atoms with Crippen LogP contribution in [-0.2, 0) is 0 Å². The Bertz CT molecular complexity index is 554. The molecule has 0 fully saturated rings. The van der Waals surface area contributed by atoms with Crippen LogP contribution in [0.3, 0.4) is 0 Å². The van der Waals surface area contributed by atoms with E-state index in [1.165, 1.54) is 22.3 Å². The predicted molar refractivity (Wildman–Crippen MR) is 90.8 cm³/mol. The zero-order chi connectivity index (χ0) is 14.5. The highest BCUT2D eigenvalue weighted by Crippen LogP contribution is 2.42. The number of nitrogens with one attached hydrogen (secondary N) is 1. The summed E-state index contributed by atoms with van der Waals surface area (Å²) < 4.78 is 0. The Morgan fingerprint density at radius 1 is 0.905 bits per heavy atom. The first-order chi connectivity index (χ1) is 10.4. The van der Waals surface area contributed by atoms with Gasteiger partial charge in [-0.2, -0.15) is 11.8 Å². The summed E-state index contributed by atoms with van der Waals surface area (Å²) in [5.41, 5.74) is 5.50. The summed E-state index contributed by atoms with van der Waals surface area (Å²) >= 11 is 1.90. The van der Waals surface area contributed by atoms with Crippen LogP contribution in [0, 0.1) is 0 Å². The molecular weight excluding hydrogens is 278 g/mol. The minimum atomic E-state index is 0.295. The van der Waals surface area contributed by atoms with Gasteiger partial charge in [-0.3, -0.25) is 0 Å². The van der Waals surface area contributed by atoms with Crippen molar-refractivity contribution in [2.24, 2.45) is 0 Å². The van der Waals surface area contributed by atoms with Crippen LogP contribution < -0.4 is 5.32 Å². The molecule has 110 valence electrons. The normalized spacial score (nSPS) is 13.2. The van der Waals surface area contributed by atoms with Crippen LogP contribution in [0.1, 0.15) is 23.6 Å². The van der Waals surface area contributed by atoms with E-state index in [1.54, 1.807) is 0 Å². The van der Waals surface area contributed by atoms with Crippen LogP contribution >= 0.6 is 11.8 Å². The molecule has 0 bridgehead atoms. The SMILES string of the molecule is OCCCSCCNC1c2ccccc2-c2ccccc21. The summed E-state index contributed by atoms with van der Waals surface area (Å²) in [6.07, 6.45) is 0.889. The van der Waals surface area contributed by atoms with E-state index in [9.17, 15) is 0 Å². The van der Waals surface area contributed by atoms with Gasteiger partial charge < -0.3 is 10.4 Å². The third-order valence-electron chi connectivity index (χ3n) is 3.88. The van der Waals surface area contributed by atoms with E-state index in [4.69, 9.17) is 5.11 Å². The number of fused-ring (bicyclic) bond motifs is 3. The topological polar surface area (TPSA) is 32.3 Å². The van der Waals surface area contributed by atoms with E-state index in [0.717, 1.165) is 24.5 Å². The zero-order valence-corrected chi connectivity index (χ0v) is 12.9. The summed E-state index contributed by atoms with van der Waals surface area (Å²) in [7, 11) is 0. The maximum Gasteiger partial charge on any atom is 0.0589 e. The fourth-order valence-electron chi connectivity index (χ4n) is 2.92. The second kappa shape index (κ2) is 7.12. The maximum absolute atomic E-state index is 8.78. The molecule has 0 heterocycles. The van der Waals surface area contributed by atoms with Gasteiger partial charge in [0, 0.05) is 18.9 Å². The van der Waals surface area contributed by atoms with Gasteiger partial charge in [-0.15, -0.1) is 0 Å². The summed E-state index contributed by atoms with van der Waals surface area (Å²) in [5, 5.41) is 12.5. The molecule has 0 saturated carbocycles. The van der Waals surface area contributed by atoms with Crippen molar-refractivity contribution in [1.82, 2.24) is 5.32 Å². The Balaban J connectivity index is 1.68. The van der Waals surface area contributed by atoms with Gasteiger partial charge in [0.1, 0.15) is 0 Å². The van der Waals surface area contributed by atoms with Crippen molar-refractivity contribution in [3.63, 3.8) is 0 Å². The lowest BCUT2D eigenvalue weighted by Crippen LogP contribution is -2.23. The highest BCUT2D eigenvalue weighted by atomic mass is 32.2. The van der Waals surface area contributed by atoms with Crippen molar-refractivity contribution < 1.29 is 5.11 Å². The van der Waals surface area contributed by atoms with Crippen LogP contribution in [-0.4, -0.2) is 29.8 Å². The monoisotopic (exact) mass is 299 g/mol. The Hall–Kier alpha value is -1.29. The first kappa shape index (κ1) is 14.6. The minimum absolute atomic E-state index is 0.295. The second-order valence-electron chi connectivity index (χ2n) is 5.25. The number of hydrogen-bond donors (Lipinski definition) is 2. The molecule has 0 saturated heterocycles. The second-order valence-corrected chi connectivity index (χ2v) is 6.48. The smallest absolute Gasteiger partial charge is 0.0589 e. The number of thioether (sulfide) groups is 1. The number of aliphatic hydroxyl groups is 1. The Morgan fingerprint density at radius 2 is 1.52 bits per heavy atom. The molecule has 2 N–H and O–H groups in total. The molecule has 2 aromatic carbocycles. The quantitative estimate of drug-likeness (QED) is 0.768. The summed E-state index contributed by atoms with van der Waals surface area (Å²) in [6, 6.07) is 17.7. The van der Waals surface area contributed by atoms with Crippen LogP contribution in [0.4, 0.5) is 0 Å². The van der Waals surface area contributed by atoms with Gasteiger partial charge in [-0.05, 0) is 34.4 Å². The molecule has 0 unspecified atom stereocenters. The van der Waals surface area contributed by atoms with Crippen molar-refractivity contribution in [2.45, 2.75) is 12.5 Å². The largest absolute Gasteiger partial charge is 0.396 e. The average Bonchev–Trinajstić information content (AvgIpc) is 2.85. The van der Waals surface area contributed by atoms with Crippen LogP contribution in [0.2, 0.25) is 0 Å². The van der Waals surface area contributed by atoms with Crippen molar-refractivity contribution in [3.05, 3.63) is 59.7 Å². The first-order valence-electron chi connectivity index (χ1n) is 7.52. The molecular formula is C18H21NOS. The fraction of sp³-hybridized carbons (Fsp3) is 0.333. The molecule has 0 aliphatic heterocycles. The molecule has 0 aromatic heterocycles. The lowest BCUT2D eigenvalue weighted by molar-refractivity contribution is 0.296. The molecule has 0 amide bonds. The van der Waals surface area contributed by atoms with Gasteiger partial charge in [0.15, 0.2) is 0 Å². The number of aliphatic hydroxyl groups excluding tert-OH is 1. The molecule has 1 aliphatic rings. The van der Waals surface area contributed by atoms with Gasteiger partial charge in [-0.25, -0.2) is 0 Å². The Kier molecular flexibility index (Phi) is 4.96. The first-order valence-corrected chi connectivity index (χ1v) is 8.67. The Morgan fingerprint density at radius 3 is 2.14 bits per heavy atom. The highest BCUT2D eigenvalue weighted by molar-refractivity contribution is 7.99. The minimum Gasteiger partial charge on any atom is -0.396 e. The van der Waals surface area contributed by atoms with E-state index in [0.29, 0.717) is 12.6 Å². The molecule has 21 heavy (non-hydrogen) atoms. The van der Waals surface area contributed by atoms with Crippen LogP contribution in [0.5, 0.6) is 0 Å². The maximum atomic E-state index is 8.78. The molecule has 1 aliphatic carbocycles. The van der Waals surface area contributed by atoms with Crippen molar-refractivity contribution in [2.75, 3.05) is 24.7 Å². The van der Waals surface area contributed by atoms with Crippen LogP contribution in [0.15, 0.2) is 48.5 Å². The number of hydrogen-bond acceptors (Lipinski definition) is 3. The van der Waals surface area contributed by atoms with Crippen molar-refractivity contribution in [1.29, 1.82) is 0 Å². The standard InChI is InChI=1S/C18H21NOS/c20-11-5-12-21-13-10-19-18-16-8-3-1-6-14(16)15-7-2-4-9-17(15)18/h1-4,6-9,18-20H,5,10-13H2. The number of benzene rings is 2. The molecule has 0 atom stereocenters. The highest BCUT2D eigenvalue weighted by Gasteiger charge is 2.26. The molecule has 2 nitrogen and oxygen atoms in total.